The first-order valence-electron chi connectivity index (χ1n) is 9.76. The van der Waals surface area contributed by atoms with Crippen LogP contribution in [0.25, 0.3) is 11.5 Å². The smallest absolute Gasteiger partial charge is 0.232 e. The molecule has 0 N–H and O–H groups in total. The standard InChI is InChI=1S/C19H25N5O2S/c25-18(13-27-15-5-1-2-6-15)24-9-3-4-14(12-24)10-17-22-19(23-26-17)16-11-20-7-8-21-16/h7-8,11,14-15H,1-6,9-10,12-13H2/t14-/m0/s1. The van der Waals surface area contributed by atoms with Crippen LogP contribution in [0.5, 0.6) is 0 Å². The topological polar surface area (TPSA) is 85.0 Å². The van der Waals surface area contributed by atoms with Crippen LogP contribution >= 0.6 is 11.8 Å². The number of rotatable bonds is 6. The molecule has 0 aromatic carbocycles. The van der Waals surface area contributed by atoms with Crippen molar-refractivity contribution < 1.29 is 9.32 Å². The number of aromatic nitrogens is 4. The summed E-state index contributed by atoms with van der Waals surface area (Å²) in [6.45, 7) is 1.65. The highest BCUT2D eigenvalue weighted by Crippen LogP contribution is 2.30. The van der Waals surface area contributed by atoms with Gasteiger partial charge in [-0.3, -0.25) is 9.78 Å². The van der Waals surface area contributed by atoms with E-state index < -0.39 is 0 Å². The lowest BCUT2D eigenvalue weighted by Gasteiger charge is -2.32. The van der Waals surface area contributed by atoms with E-state index in [0.29, 0.717) is 40.8 Å². The second kappa shape index (κ2) is 8.82. The van der Waals surface area contributed by atoms with E-state index >= 15 is 0 Å². The summed E-state index contributed by atoms with van der Waals surface area (Å²) in [6.07, 6.45) is 12.8. The summed E-state index contributed by atoms with van der Waals surface area (Å²) in [7, 11) is 0. The Hall–Kier alpha value is -1.96. The molecule has 0 bridgehead atoms. The molecule has 2 aromatic rings. The maximum atomic E-state index is 12.6. The summed E-state index contributed by atoms with van der Waals surface area (Å²) in [5.74, 6) is 2.34. The number of likely N-dealkylation sites (tertiary alicyclic amines) is 1. The number of hydrogen-bond acceptors (Lipinski definition) is 7. The van der Waals surface area contributed by atoms with Gasteiger partial charge in [0.05, 0.1) is 11.9 Å². The minimum atomic E-state index is 0.280. The molecule has 1 atom stereocenters. The third-order valence-corrected chi connectivity index (χ3v) is 6.70. The number of amides is 1. The molecule has 4 rings (SSSR count). The molecule has 7 nitrogen and oxygen atoms in total. The second-order valence-corrected chi connectivity index (χ2v) is 8.66. The van der Waals surface area contributed by atoms with Gasteiger partial charge in [-0.1, -0.05) is 18.0 Å². The largest absolute Gasteiger partial charge is 0.342 e. The van der Waals surface area contributed by atoms with Gasteiger partial charge in [0.25, 0.3) is 0 Å². The van der Waals surface area contributed by atoms with Gasteiger partial charge in [0.2, 0.25) is 17.6 Å². The summed E-state index contributed by atoms with van der Waals surface area (Å²) >= 11 is 1.85. The first-order valence-corrected chi connectivity index (χ1v) is 10.8. The van der Waals surface area contributed by atoms with Gasteiger partial charge >= 0.3 is 0 Å². The predicted octanol–water partition coefficient (Wildman–Crippen LogP) is 2.98. The minimum Gasteiger partial charge on any atom is -0.342 e. The molecule has 0 spiro atoms. The molecular weight excluding hydrogens is 362 g/mol. The molecule has 1 amide bonds. The van der Waals surface area contributed by atoms with E-state index in [0.717, 1.165) is 25.9 Å². The second-order valence-electron chi connectivity index (χ2n) is 7.37. The van der Waals surface area contributed by atoms with Gasteiger partial charge in [0.15, 0.2) is 0 Å². The highest BCUT2D eigenvalue weighted by Gasteiger charge is 2.26. The number of nitrogens with zero attached hydrogens (tertiary/aromatic N) is 5. The van der Waals surface area contributed by atoms with Gasteiger partial charge < -0.3 is 9.42 Å². The first kappa shape index (κ1) is 18.4. The SMILES string of the molecule is O=C(CSC1CCCC1)N1CCC[C@@H](Cc2nc(-c3cnccn3)no2)C1. The van der Waals surface area contributed by atoms with Crippen molar-refractivity contribution in [3.05, 3.63) is 24.5 Å². The molecule has 1 aliphatic heterocycles. The lowest BCUT2D eigenvalue weighted by atomic mass is 9.95. The van der Waals surface area contributed by atoms with Gasteiger partial charge in [0, 0.05) is 37.2 Å². The Labute approximate surface area is 163 Å². The monoisotopic (exact) mass is 387 g/mol. The maximum absolute atomic E-state index is 12.6. The van der Waals surface area contributed by atoms with Crippen molar-refractivity contribution >= 4 is 17.7 Å². The Morgan fingerprint density at radius 3 is 2.93 bits per heavy atom. The van der Waals surface area contributed by atoms with Crippen LogP contribution in [0, 0.1) is 5.92 Å². The summed E-state index contributed by atoms with van der Waals surface area (Å²) in [5, 5.41) is 4.69. The van der Waals surface area contributed by atoms with Gasteiger partial charge in [0.1, 0.15) is 5.69 Å². The summed E-state index contributed by atoms with van der Waals surface area (Å²) in [5.41, 5.74) is 0.608. The molecule has 2 aliphatic rings. The van der Waals surface area contributed by atoms with E-state index in [-0.39, 0.29) is 5.91 Å². The average Bonchev–Trinajstić information content (AvgIpc) is 3.39. The molecular formula is C19H25N5O2S. The van der Waals surface area contributed by atoms with Crippen molar-refractivity contribution in [2.24, 2.45) is 5.92 Å². The van der Waals surface area contributed by atoms with E-state index in [1.54, 1.807) is 18.6 Å². The minimum absolute atomic E-state index is 0.280. The molecule has 144 valence electrons. The number of thioether (sulfide) groups is 1. The molecule has 0 radical (unpaired) electrons. The fourth-order valence-corrected chi connectivity index (χ4v) is 5.12. The third kappa shape index (κ3) is 4.86. The lowest BCUT2D eigenvalue weighted by molar-refractivity contribution is -0.130. The van der Waals surface area contributed by atoms with Crippen LogP contribution in [0.3, 0.4) is 0 Å². The van der Waals surface area contributed by atoms with Crippen LogP contribution in [0.15, 0.2) is 23.1 Å². The predicted molar refractivity (Wildman–Crippen MR) is 103 cm³/mol. The van der Waals surface area contributed by atoms with Crippen LogP contribution in [-0.4, -0.2) is 55.0 Å². The van der Waals surface area contributed by atoms with Crippen molar-refractivity contribution in [3.63, 3.8) is 0 Å². The number of carbonyl (C=O) groups is 1. The van der Waals surface area contributed by atoms with Crippen molar-refractivity contribution in [2.45, 2.75) is 50.2 Å². The third-order valence-electron chi connectivity index (χ3n) is 5.34. The normalized spacial score (nSPS) is 20.9. The number of hydrogen-bond donors (Lipinski definition) is 0. The van der Waals surface area contributed by atoms with Crippen LogP contribution in [-0.2, 0) is 11.2 Å². The van der Waals surface area contributed by atoms with Crippen molar-refractivity contribution in [1.29, 1.82) is 0 Å². The molecule has 1 saturated carbocycles. The molecule has 2 fully saturated rings. The fourth-order valence-electron chi connectivity index (χ4n) is 3.90. The maximum Gasteiger partial charge on any atom is 0.232 e. The molecule has 0 unspecified atom stereocenters. The zero-order valence-corrected chi connectivity index (χ0v) is 16.2. The van der Waals surface area contributed by atoms with Crippen LogP contribution in [0.2, 0.25) is 0 Å². The summed E-state index contributed by atoms with van der Waals surface area (Å²) in [6, 6.07) is 0. The molecule has 3 heterocycles. The summed E-state index contributed by atoms with van der Waals surface area (Å²) in [4.78, 5) is 27.3. The Balaban J connectivity index is 1.29. The molecule has 27 heavy (non-hydrogen) atoms. The Morgan fingerprint density at radius 1 is 1.22 bits per heavy atom. The van der Waals surface area contributed by atoms with Crippen LogP contribution in [0.1, 0.15) is 44.4 Å². The van der Waals surface area contributed by atoms with Gasteiger partial charge in [-0.15, -0.1) is 11.8 Å². The first-order chi connectivity index (χ1) is 13.3. The van der Waals surface area contributed by atoms with Gasteiger partial charge in [-0.05, 0) is 31.6 Å². The zero-order valence-electron chi connectivity index (χ0n) is 15.4. The van der Waals surface area contributed by atoms with E-state index in [4.69, 9.17) is 4.52 Å². The molecule has 1 aliphatic carbocycles. The highest BCUT2D eigenvalue weighted by molar-refractivity contribution is 8.00. The number of piperidine rings is 1. The van der Waals surface area contributed by atoms with Crippen LogP contribution < -0.4 is 0 Å². The quantitative estimate of drug-likeness (QED) is 0.753. The van der Waals surface area contributed by atoms with Crippen molar-refractivity contribution in [3.8, 4) is 11.5 Å². The van der Waals surface area contributed by atoms with Gasteiger partial charge in [-0.25, -0.2) is 4.98 Å². The van der Waals surface area contributed by atoms with E-state index in [1.807, 2.05) is 16.7 Å². The lowest BCUT2D eigenvalue weighted by Crippen LogP contribution is -2.41. The average molecular weight is 388 g/mol. The molecule has 1 saturated heterocycles. The van der Waals surface area contributed by atoms with Crippen molar-refractivity contribution in [1.82, 2.24) is 25.0 Å². The van der Waals surface area contributed by atoms with Crippen molar-refractivity contribution in [2.75, 3.05) is 18.8 Å². The Bertz CT molecular complexity index is 748. The fraction of sp³-hybridized carbons (Fsp3) is 0.632. The van der Waals surface area contributed by atoms with E-state index in [1.165, 1.54) is 25.7 Å². The molecule has 8 heteroatoms. The Morgan fingerprint density at radius 2 is 2.11 bits per heavy atom. The Kier molecular flexibility index (Phi) is 6.01. The molecule has 2 aromatic heterocycles. The van der Waals surface area contributed by atoms with E-state index in [2.05, 4.69) is 20.1 Å². The van der Waals surface area contributed by atoms with E-state index in [9.17, 15) is 4.79 Å². The van der Waals surface area contributed by atoms with Crippen LogP contribution in [0.4, 0.5) is 0 Å². The zero-order chi connectivity index (χ0) is 18.5. The number of carbonyl (C=O) groups excluding carboxylic acids is 1. The van der Waals surface area contributed by atoms with Gasteiger partial charge in [-0.2, -0.15) is 4.98 Å². The highest BCUT2D eigenvalue weighted by atomic mass is 32.2. The summed E-state index contributed by atoms with van der Waals surface area (Å²) < 4.78 is 5.40.